The second-order valence-corrected chi connectivity index (χ2v) is 5.38. The molecular weight excluding hydrogens is 343 g/mol. The number of benzene rings is 1. The molecule has 0 atom stereocenters. The molecule has 0 aliphatic rings. The Hall–Kier alpha value is -2.54. The summed E-state index contributed by atoms with van der Waals surface area (Å²) in [5.74, 6) is -0.607. The minimum absolute atomic E-state index is 0.0421. The van der Waals surface area contributed by atoms with Crippen LogP contribution >= 0.6 is 11.6 Å². The fourth-order valence-corrected chi connectivity index (χ4v) is 2.42. The number of aromatic nitrogens is 3. The van der Waals surface area contributed by atoms with Gasteiger partial charge in [-0.15, -0.1) is 0 Å². The van der Waals surface area contributed by atoms with E-state index in [9.17, 15) is 13.2 Å². The molecule has 3 aromatic rings. The number of alkyl halides is 2. The molecule has 0 unspecified atom stereocenters. The van der Waals surface area contributed by atoms with Crippen LogP contribution in [0, 0.1) is 12.7 Å². The molecule has 8 heteroatoms. The van der Waals surface area contributed by atoms with Gasteiger partial charge in [0.1, 0.15) is 11.6 Å². The number of halogens is 4. The van der Waals surface area contributed by atoms with Crippen molar-refractivity contribution in [2.24, 2.45) is 0 Å². The summed E-state index contributed by atoms with van der Waals surface area (Å²) in [5, 5.41) is 4.30. The zero-order valence-corrected chi connectivity index (χ0v) is 13.1. The maximum atomic E-state index is 13.4. The largest absolute Gasteiger partial charge is 0.433 e. The van der Waals surface area contributed by atoms with E-state index in [1.807, 2.05) is 0 Å². The number of pyridine rings is 1. The van der Waals surface area contributed by atoms with Crippen molar-refractivity contribution in [2.75, 3.05) is 0 Å². The van der Waals surface area contributed by atoms with Gasteiger partial charge in [-0.25, -0.2) is 9.07 Å². The van der Waals surface area contributed by atoms with E-state index in [0.717, 1.165) is 0 Å². The van der Waals surface area contributed by atoms with E-state index in [4.69, 9.17) is 11.6 Å². The van der Waals surface area contributed by atoms with Crippen LogP contribution in [-0.4, -0.2) is 21.4 Å². The second kappa shape index (κ2) is 6.52. The fourth-order valence-electron chi connectivity index (χ4n) is 2.24. The zero-order chi connectivity index (χ0) is 17.3. The molecule has 4 nitrogen and oxygen atoms in total. The molecule has 24 heavy (non-hydrogen) atoms. The Labute approximate surface area is 140 Å². The van der Waals surface area contributed by atoms with Crippen LogP contribution in [-0.2, 0) is 0 Å². The summed E-state index contributed by atoms with van der Waals surface area (Å²) < 4.78 is 44.0. The van der Waals surface area contributed by atoms with Crippen molar-refractivity contribution in [2.45, 2.75) is 13.5 Å². The quantitative estimate of drug-likeness (QED) is 0.686. The molecule has 0 saturated heterocycles. The lowest BCUT2D eigenvalue weighted by Crippen LogP contribution is -2.03. The maximum Gasteiger partial charge on any atom is 0.387 e. The predicted molar refractivity (Wildman–Crippen MR) is 83.1 cm³/mol. The van der Waals surface area contributed by atoms with Gasteiger partial charge in [0, 0.05) is 11.8 Å². The molecule has 0 amide bonds. The van der Waals surface area contributed by atoms with Crippen LogP contribution < -0.4 is 4.74 Å². The van der Waals surface area contributed by atoms with Crippen molar-refractivity contribution in [3.05, 3.63) is 59.3 Å². The highest BCUT2D eigenvalue weighted by Crippen LogP contribution is 2.28. The minimum Gasteiger partial charge on any atom is -0.433 e. The van der Waals surface area contributed by atoms with Gasteiger partial charge in [0.15, 0.2) is 0 Å². The molecule has 0 N–H and O–H groups in total. The minimum atomic E-state index is -2.94. The molecule has 2 aromatic heterocycles. The molecule has 0 aliphatic heterocycles. The summed E-state index contributed by atoms with van der Waals surface area (Å²) in [6.45, 7) is -1.16. The van der Waals surface area contributed by atoms with Crippen molar-refractivity contribution in [3.63, 3.8) is 0 Å². The fraction of sp³-hybridized carbons (Fsp3) is 0.125. The number of aryl methyl sites for hydroxylation is 1. The van der Waals surface area contributed by atoms with E-state index < -0.39 is 12.4 Å². The van der Waals surface area contributed by atoms with Crippen LogP contribution in [0.5, 0.6) is 5.75 Å². The summed E-state index contributed by atoms with van der Waals surface area (Å²) in [7, 11) is 0. The Morgan fingerprint density at radius 3 is 2.67 bits per heavy atom. The van der Waals surface area contributed by atoms with Crippen molar-refractivity contribution in [3.8, 4) is 22.7 Å². The Morgan fingerprint density at radius 2 is 1.96 bits per heavy atom. The predicted octanol–water partition coefficient (Wildman–Crippen LogP) is 4.64. The average molecular weight is 354 g/mol. The van der Waals surface area contributed by atoms with E-state index in [2.05, 4.69) is 14.8 Å². The second-order valence-electron chi connectivity index (χ2n) is 4.97. The van der Waals surface area contributed by atoms with Crippen LogP contribution in [0.1, 0.15) is 5.69 Å². The summed E-state index contributed by atoms with van der Waals surface area (Å²) >= 11 is 5.82. The highest BCUT2D eigenvalue weighted by molar-refractivity contribution is 6.30. The van der Waals surface area contributed by atoms with Gasteiger partial charge in [-0.05, 0) is 37.3 Å². The van der Waals surface area contributed by atoms with Crippen molar-refractivity contribution >= 4 is 11.6 Å². The van der Waals surface area contributed by atoms with E-state index >= 15 is 0 Å². The Morgan fingerprint density at radius 1 is 1.17 bits per heavy atom. The lowest BCUT2D eigenvalue weighted by Gasteiger charge is -2.10. The van der Waals surface area contributed by atoms with Gasteiger partial charge in [0.05, 0.1) is 28.3 Å². The van der Waals surface area contributed by atoms with Crippen molar-refractivity contribution in [1.82, 2.24) is 14.8 Å². The van der Waals surface area contributed by atoms with Gasteiger partial charge in [-0.1, -0.05) is 11.6 Å². The number of ether oxygens (including phenoxy) is 1. The van der Waals surface area contributed by atoms with E-state index in [1.54, 1.807) is 13.0 Å². The van der Waals surface area contributed by atoms with Crippen LogP contribution in [0.15, 0.2) is 42.7 Å². The molecular formula is C16H11ClF3N3O. The SMILES string of the molecule is Cc1cc(-c2cncc(OC(F)F)c2)n(-c2ccc(F)c(Cl)c2)n1. The molecule has 0 fully saturated rings. The summed E-state index contributed by atoms with van der Waals surface area (Å²) in [6.07, 6.45) is 2.69. The molecule has 124 valence electrons. The summed E-state index contributed by atoms with van der Waals surface area (Å²) in [4.78, 5) is 3.90. The van der Waals surface area contributed by atoms with Crippen LogP contribution in [0.3, 0.4) is 0 Å². The monoisotopic (exact) mass is 353 g/mol. The Balaban J connectivity index is 2.08. The zero-order valence-electron chi connectivity index (χ0n) is 12.4. The van der Waals surface area contributed by atoms with Gasteiger partial charge < -0.3 is 4.74 Å². The highest BCUT2D eigenvalue weighted by atomic mass is 35.5. The van der Waals surface area contributed by atoms with Crippen LogP contribution in [0.2, 0.25) is 5.02 Å². The standard InChI is InChI=1S/C16H11ClF3N3O/c1-9-4-15(10-5-12(8-21-7-10)24-16(19)20)23(22-9)11-2-3-14(18)13(17)6-11/h2-8,16H,1H3. The van der Waals surface area contributed by atoms with E-state index in [-0.39, 0.29) is 10.8 Å². The van der Waals surface area contributed by atoms with Crippen molar-refractivity contribution in [1.29, 1.82) is 0 Å². The third-order valence-corrected chi connectivity index (χ3v) is 3.50. The average Bonchev–Trinajstić information content (AvgIpc) is 2.92. The van der Waals surface area contributed by atoms with Gasteiger partial charge in [0.25, 0.3) is 0 Å². The molecule has 0 bridgehead atoms. The molecule has 0 spiro atoms. The number of hydrogen-bond acceptors (Lipinski definition) is 3. The van der Waals surface area contributed by atoms with Crippen molar-refractivity contribution < 1.29 is 17.9 Å². The third-order valence-electron chi connectivity index (χ3n) is 3.21. The van der Waals surface area contributed by atoms with Gasteiger partial charge in [0.2, 0.25) is 0 Å². The first-order valence-corrected chi connectivity index (χ1v) is 7.24. The number of hydrogen-bond donors (Lipinski definition) is 0. The molecule has 2 heterocycles. The first kappa shape index (κ1) is 16.3. The molecule has 0 radical (unpaired) electrons. The topological polar surface area (TPSA) is 39.9 Å². The molecule has 0 aliphatic carbocycles. The van der Waals surface area contributed by atoms with Gasteiger partial charge >= 0.3 is 6.61 Å². The molecule has 0 saturated carbocycles. The smallest absolute Gasteiger partial charge is 0.387 e. The van der Waals surface area contributed by atoms with Gasteiger partial charge in [-0.3, -0.25) is 4.98 Å². The van der Waals surface area contributed by atoms with Crippen LogP contribution in [0.4, 0.5) is 13.2 Å². The number of nitrogens with zero attached hydrogens (tertiary/aromatic N) is 3. The Kier molecular flexibility index (Phi) is 4.44. The first-order chi connectivity index (χ1) is 11.4. The van der Waals surface area contributed by atoms with Crippen LogP contribution in [0.25, 0.3) is 16.9 Å². The lowest BCUT2D eigenvalue weighted by molar-refractivity contribution is -0.0500. The number of rotatable bonds is 4. The molecule has 3 rings (SSSR count). The first-order valence-electron chi connectivity index (χ1n) is 6.86. The lowest BCUT2D eigenvalue weighted by atomic mass is 10.2. The van der Waals surface area contributed by atoms with E-state index in [1.165, 1.54) is 41.3 Å². The summed E-state index contributed by atoms with van der Waals surface area (Å²) in [5.41, 5.74) is 2.33. The Bertz CT molecular complexity index is 883. The van der Waals surface area contributed by atoms with Gasteiger partial charge in [-0.2, -0.15) is 13.9 Å². The normalized spacial score (nSPS) is 11.1. The third kappa shape index (κ3) is 3.35. The highest BCUT2D eigenvalue weighted by Gasteiger charge is 2.13. The summed E-state index contributed by atoms with van der Waals surface area (Å²) in [6, 6.07) is 7.36. The molecule has 1 aromatic carbocycles. The van der Waals surface area contributed by atoms with E-state index in [0.29, 0.717) is 22.6 Å². The maximum absolute atomic E-state index is 13.4.